The van der Waals surface area contributed by atoms with Crippen molar-refractivity contribution in [3.05, 3.63) is 54.2 Å². The quantitative estimate of drug-likeness (QED) is 0.774. The monoisotopic (exact) mass is 258 g/mol. The molecule has 4 heteroatoms. The Hall–Kier alpha value is -2.07. The second-order valence-corrected chi connectivity index (χ2v) is 4.01. The van der Waals surface area contributed by atoms with Gasteiger partial charge < -0.3 is 14.8 Å². The van der Waals surface area contributed by atoms with Crippen LogP contribution in [0.5, 0.6) is 11.6 Å². The second kappa shape index (κ2) is 7.38. The number of pyridine rings is 1. The van der Waals surface area contributed by atoms with Crippen molar-refractivity contribution in [3.63, 3.8) is 0 Å². The summed E-state index contributed by atoms with van der Waals surface area (Å²) >= 11 is 0. The maximum atomic E-state index is 5.55. The minimum Gasteiger partial charge on any atom is -0.490 e. The van der Waals surface area contributed by atoms with E-state index in [0.29, 0.717) is 19.1 Å². The first-order valence-corrected chi connectivity index (χ1v) is 6.29. The molecule has 1 heterocycles. The third-order valence-corrected chi connectivity index (χ3v) is 2.48. The van der Waals surface area contributed by atoms with E-state index >= 15 is 0 Å². The molecule has 0 spiro atoms. The molecule has 4 nitrogen and oxygen atoms in total. The van der Waals surface area contributed by atoms with Gasteiger partial charge in [-0.2, -0.15) is 0 Å². The molecule has 0 amide bonds. The highest BCUT2D eigenvalue weighted by Crippen LogP contribution is 2.09. The molecule has 100 valence electrons. The largest absolute Gasteiger partial charge is 0.490 e. The fourth-order valence-electron chi connectivity index (χ4n) is 1.64. The number of hydrogen-bond acceptors (Lipinski definition) is 4. The lowest BCUT2D eigenvalue weighted by Crippen LogP contribution is -2.11. The lowest BCUT2D eigenvalue weighted by atomic mass is 10.3. The zero-order valence-electron chi connectivity index (χ0n) is 11.0. The van der Waals surface area contributed by atoms with E-state index in [1.807, 2.05) is 55.6 Å². The first kappa shape index (κ1) is 13.4. The number of para-hydroxylation sites is 1. The number of nitrogens with one attached hydrogen (secondary N) is 1. The zero-order valence-corrected chi connectivity index (χ0v) is 11.0. The highest BCUT2D eigenvalue weighted by Gasteiger charge is 1.98. The van der Waals surface area contributed by atoms with Crippen molar-refractivity contribution in [1.82, 2.24) is 10.3 Å². The van der Waals surface area contributed by atoms with Crippen LogP contribution in [0.15, 0.2) is 48.5 Å². The van der Waals surface area contributed by atoms with Crippen molar-refractivity contribution in [2.24, 2.45) is 0 Å². The van der Waals surface area contributed by atoms with Crippen LogP contribution in [-0.4, -0.2) is 25.2 Å². The van der Waals surface area contributed by atoms with Crippen molar-refractivity contribution < 1.29 is 9.47 Å². The lowest BCUT2D eigenvalue weighted by molar-refractivity contribution is 0.211. The first-order valence-electron chi connectivity index (χ1n) is 6.29. The number of rotatable bonds is 7. The molecule has 0 saturated heterocycles. The van der Waals surface area contributed by atoms with Crippen LogP contribution in [0.3, 0.4) is 0 Å². The summed E-state index contributed by atoms with van der Waals surface area (Å²) in [6.07, 6.45) is 0. The van der Waals surface area contributed by atoms with E-state index in [2.05, 4.69) is 10.3 Å². The van der Waals surface area contributed by atoms with Gasteiger partial charge >= 0.3 is 0 Å². The standard InChI is InChI=1S/C15H18N2O2/c1-16-12-13-6-5-9-15(17-13)19-11-10-18-14-7-3-2-4-8-14/h2-9,16H,10-12H2,1H3. The van der Waals surface area contributed by atoms with E-state index < -0.39 is 0 Å². The number of benzene rings is 1. The third kappa shape index (κ3) is 4.60. The van der Waals surface area contributed by atoms with E-state index in [0.717, 1.165) is 18.0 Å². The molecule has 19 heavy (non-hydrogen) atoms. The van der Waals surface area contributed by atoms with E-state index in [1.165, 1.54) is 0 Å². The molecule has 0 aliphatic rings. The maximum Gasteiger partial charge on any atom is 0.213 e. The Bertz CT molecular complexity index is 489. The molecule has 1 aromatic carbocycles. The molecule has 1 N–H and O–H groups in total. The van der Waals surface area contributed by atoms with Crippen molar-refractivity contribution in [3.8, 4) is 11.6 Å². The molecule has 1 aromatic heterocycles. The summed E-state index contributed by atoms with van der Waals surface area (Å²) < 4.78 is 11.1. The minimum absolute atomic E-state index is 0.477. The molecule has 0 radical (unpaired) electrons. The first-order chi connectivity index (χ1) is 9.38. The van der Waals surface area contributed by atoms with Gasteiger partial charge in [0.15, 0.2) is 0 Å². The van der Waals surface area contributed by atoms with Gasteiger partial charge in [-0.25, -0.2) is 4.98 Å². The molecule has 0 unspecified atom stereocenters. The van der Waals surface area contributed by atoms with E-state index in [-0.39, 0.29) is 0 Å². The molecule has 0 atom stereocenters. The number of aromatic nitrogens is 1. The lowest BCUT2D eigenvalue weighted by Gasteiger charge is -2.08. The second-order valence-electron chi connectivity index (χ2n) is 4.01. The molecule has 2 rings (SSSR count). The number of ether oxygens (including phenoxy) is 2. The van der Waals surface area contributed by atoms with Crippen LogP contribution in [0.2, 0.25) is 0 Å². The van der Waals surface area contributed by atoms with Gasteiger partial charge in [0, 0.05) is 12.6 Å². The van der Waals surface area contributed by atoms with Gasteiger partial charge in [0.25, 0.3) is 0 Å². The summed E-state index contributed by atoms with van der Waals surface area (Å²) in [5.41, 5.74) is 0.962. The zero-order chi connectivity index (χ0) is 13.3. The Labute approximate surface area is 113 Å². The fraction of sp³-hybridized carbons (Fsp3) is 0.267. The Kier molecular flexibility index (Phi) is 5.19. The van der Waals surface area contributed by atoms with Gasteiger partial charge in [-0.3, -0.25) is 0 Å². The summed E-state index contributed by atoms with van der Waals surface area (Å²) in [5, 5.41) is 3.06. The Balaban J connectivity index is 1.75. The van der Waals surface area contributed by atoms with E-state index in [4.69, 9.17) is 9.47 Å². The average Bonchev–Trinajstić information content (AvgIpc) is 2.46. The van der Waals surface area contributed by atoms with Crippen molar-refractivity contribution in [2.75, 3.05) is 20.3 Å². The predicted octanol–water partition coefficient (Wildman–Crippen LogP) is 2.26. The van der Waals surface area contributed by atoms with Crippen molar-refractivity contribution >= 4 is 0 Å². The van der Waals surface area contributed by atoms with E-state index in [1.54, 1.807) is 0 Å². The van der Waals surface area contributed by atoms with Crippen LogP contribution >= 0.6 is 0 Å². The highest BCUT2D eigenvalue weighted by molar-refractivity contribution is 5.21. The summed E-state index contributed by atoms with van der Waals surface area (Å²) in [4.78, 5) is 4.37. The normalized spacial score (nSPS) is 10.2. The van der Waals surface area contributed by atoms with Crippen LogP contribution < -0.4 is 14.8 Å². The Morgan fingerprint density at radius 1 is 0.947 bits per heavy atom. The van der Waals surface area contributed by atoms with Crippen LogP contribution in [0.1, 0.15) is 5.69 Å². The maximum absolute atomic E-state index is 5.55. The summed E-state index contributed by atoms with van der Waals surface area (Å²) in [6, 6.07) is 15.4. The molecule has 2 aromatic rings. The third-order valence-electron chi connectivity index (χ3n) is 2.48. The summed E-state index contributed by atoms with van der Waals surface area (Å²) in [5.74, 6) is 1.48. The summed E-state index contributed by atoms with van der Waals surface area (Å²) in [6.45, 7) is 1.71. The highest BCUT2D eigenvalue weighted by atomic mass is 16.5. The molecule has 0 saturated carbocycles. The van der Waals surface area contributed by atoms with E-state index in [9.17, 15) is 0 Å². The Morgan fingerprint density at radius 2 is 1.74 bits per heavy atom. The molecule has 0 aliphatic heterocycles. The van der Waals surface area contributed by atoms with Gasteiger partial charge in [0.1, 0.15) is 19.0 Å². The molecule has 0 aliphatic carbocycles. The van der Waals surface area contributed by atoms with Crippen molar-refractivity contribution in [1.29, 1.82) is 0 Å². The molecule has 0 fully saturated rings. The van der Waals surface area contributed by atoms with Gasteiger partial charge in [-0.15, -0.1) is 0 Å². The minimum atomic E-state index is 0.477. The topological polar surface area (TPSA) is 43.4 Å². The smallest absolute Gasteiger partial charge is 0.213 e. The SMILES string of the molecule is CNCc1cccc(OCCOc2ccccc2)n1. The van der Waals surface area contributed by atoms with Crippen LogP contribution in [0.4, 0.5) is 0 Å². The summed E-state index contributed by atoms with van der Waals surface area (Å²) in [7, 11) is 1.89. The fourth-order valence-corrected chi connectivity index (χ4v) is 1.64. The van der Waals surface area contributed by atoms with Gasteiger partial charge in [0.2, 0.25) is 5.88 Å². The molecular weight excluding hydrogens is 240 g/mol. The van der Waals surface area contributed by atoms with Crippen molar-refractivity contribution in [2.45, 2.75) is 6.54 Å². The number of hydrogen-bond donors (Lipinski definition) is 1. The van der Waals surface area contributed by atoms with Gasteiger partial charge in [0.05, 0.1) is 5.69 Å². The predicted molar refractivity (Wildman–Crippen MR) is 74.4 cm³/mol. The number of nitrogens with zero attached hydrogens (tertiary/aromatic N) is 1. The molecular formula is C15H18N2O2. The van der Waals surface area contributed by atoms with Gasteiger partial charge in [-0.1, -0.05) is 24.3 Å². The van der Waals surface area contributed by atoms with Crippen LogP contribution in [-0.2, 0) is 6.54 Å². The average molecular weight is 258 g/mol. The Morgan fingerprint density at radius 3 is 2.53 bits per heavy atom. The van der Waals surface area contributed by atoms with Gasteiger partial charge in [-0.05, 0) is 25.2 Å². The molecule has 0 bridgehead atoms. The van der Waals surface area contributed by atoms with Crippen LogP contribution in [0, 0.1) is 0 Å². The van der Waals surface area contributed by atoms with Crippen LogP contribution in [0.25, 0.3) is 0 Å².